The molecule has 0 radical (unpaired) electrons. The van der Waals surface area contributed by atoms with Crippen LogP contribution in [0, 0.1) is 0 Å². The van der Waals surface area contributed by atoms with Crippen LogP contribution in [0.1, 0.15) is 5.56 Å². The number of nitrogens with zero attached hydrogens (tertiary/aromatic N) is 1. The highest BCUT2D eigenvalue weighted by molar-refractivity contribution is 5.82. The van der Waals surface area contributed by atoms with Gasteiger partial charge in [0.05, 0.1) is 0 Å². The summed E-state index contributed by atoms with van der Waals surface area (Å²) in [6, 6.07) is 8.45. The Morgan fingerprint density at radius 3 is 2.92 bits per heavy atom. The third-order valence-corrected chi connectivity index (χ3v) is 2.15. The van der Waals surface area contributed by atoms with Crippen LogP contribution in [0.15, 0.2) is 37.0 Å². The average Bonchev–Trinajstić information content (AvgIpc) is 2.47. The number of aryl methyl sites for hydroxylation is 1. The van der Waals surface area contributed by atoms with Gasteiger partial charge in [-0.05, 0) is 23.1 Å². The first kappa shape index (κ1) is 7.17. The van der Waals surface area contributed by atoms with Crippen molar-refractivity contribution in [1.29, 1.82) is 0 Å². The lowest BCUT2D eigenvalue weighted by molar-refractivity contribution is 0.969. The van der Waals surface area contributed by atoms with Crippen molar-refractivity contribution in [1.82, 2.24) is 4.57 Å². The molecule has 0 saturated heterocycles. The molecule has 60 valence electrons. The van der Waals surface area contributed by atoms with Gasteiger partial charge in [0.2, 0.25) is 0 Å². The summed E-state index contributed by atoms with van der Waals surface area (Å²) in [7, 11) is 2.05. The molecule has 1 nitrogen and oxygen atoms in total. The SMILES string of the molecule is C=Cc1ccc2ccn(C)c2c1. The lowest BCUT2D eigenvalue weighted by Crippen LogP contribution is -1.83. The van der Waals surface area contributed by atoms with Gasteiger partial charge in [-0.25, -0.2) is 0 Å². The molecule has 0 atom stereocenters. The molecule has 1 heteroatoms. The smallest absolute Gasteiger partial charge is 0.0483 e. The standard InChI is InChI=1S/C11H11N/c1-3-9-4-5-10-6-7-12(2)11(10)8-9/h3-8H,1H2,2H3. The molecule has 1 aromatic heterocycles. The topological polar surface area (TPSA) is 4.93 Å². The van der Waals surface area contributed by atoms with Gasteiger partial charge in [0.25, 0.3) is 0 Å². The van der Waals surface area contributed by atoms with Gasteiger partial charge in [-0.3, -0.25) is 0 Å². The molecule has 0 N–H and O–H groups in total. The van der Waals surface area contributed by atoms with Crippen LogP contribution in [0.3, 0.4) is 0 Å². The predicted octanol–water partition coefficient (Wildman–Crippen LogP) is 2.82. The zero-order valence-electron chi connectivity index (χ0n) is 7.12. The molecule has 0 aliphatic heterocycles. The van der Waals surface area contributed by atoms with Crippen LogP contribution in [-0.2, 0) is 7.05 Å². The number of rotatable bonds is 1. The maximum Gasteiger partial charge on any atom is 0.0483 e. The minimum Gasteiger partial charge on any atom is -0.351 e. The van der Waals surface area contributed by atoms with Crippen LogP contribution in [0.25, 0.3) is 17.0 Å². The Labute approximate surface area is 71.9 Å². The van der Waals surface area contributed by atoms with E-state index in [0.717, 1.165) is 0 Å². The molecule has 1 heterocycles. The third kappa shape index (κ3) is 0.944. The fourth-order valence-electron chi connectivity index (χ4n) is 1.41. The summed E-state index contributed by atoms with van der Waals surface area (Å²) in [6.45, 7) is 3.74. The van der Waals surface area contributed by atoms with E-state index in [0.29, 0.717) is 0 Å². The van der Waals surface area contributed by atoms with Crippen molar-refractivity contribution in [3.63, 3.8) is 0 Å². The molecular formula is C11H11N. The highest BCUT2D eigenvalue weighted by Gasteiger charge is 1.96. The van der Waals surface area contributed by atoms with Crippen molar-refractivity contribution in [2.75, 3.05) is 0 Å². The predicted molar refractivity (Wildman–Crippen MR) is 53.0 cm³/mol. The lowest BCUT2D eigenvalue weighted by atomic mass is 10.2. The second-order valence-electron chi connectivity index (χ2n) is 2.95. The summed E-state index contributed by atoms with van der Waals surface area (Å²) < 4.78 is 2.11. The molecule has 0 saturated carbocycles. The van der Waals surface area contributed by atoms with E-state index < -0.39 is 0 Å². The number of hydrogen-bond acceptors (Lipinski definition) is 0. The molecule has 2 aromatic rings. The van der Waals surface area contributed by atoms with E-state index in [-0.39, 0.29) is 0 Å². The molecule has 0 unspecified atom stereocenters. The minimum atomic E-state index is 1.17. The lowest BCUT2D eigenvalue weighted by Gasteiger charge is -1.97. The number of hydrogen-bond donors (Lipinski definition) is 0. The largest absolute Gasteiger partial charge is 0.351 e. The summed E-state index contributed by atoms with van der Waals surface area (Å²) in [4.78, 5) is 0. The number of fused-ring (bicyclic) bond motifs is 1. The fraction of sp³-hybridized carbons (Fsp3) is 0.0909. The normalized spacial score (nSPS) is 10.4. The Bertz CT molecular complexity index is 423. The summed E-state index contributed by atoms with van der Waals surface area (Å²) in [6.07, 6.45) is 3.93. The maximum atomic E-state index is 3.74. The van der Waals surface area contributed by atoms with Crippen LogP contribution < -0.4 is 0 Å². The number of aromatic nitrogens is 1. The molecule has 1 aromatic carbocycles. The van der Waals surface area contributed by atoms with Gasteiger partial charge in [0.1, 0.15) is 0 Å². The van der Waals surface area contributed by atoms with E-state index in [2.05, 4.69) is 48.7 Å². The molecule has 0 fully saturated rings. The van der Waals surface area contributed by atoms with E-state index >= 15 is 0 Å². The molecule has 2 rings (SSSR count). The molecule has 0 aliphatic carbocycles. The minimum absolute atomic E-state index is 1.17. The first-order chi connectivity index (χ1) is 5.81. The van der Waals surface area contributed by atoms with Crippen LogP contribution >= 0.6 is 0 Å². The Hall–Kier alpha value is -1.50. The van der Waals surface area contributed by atoms with Gasteiger partial charge < -0.3 is 4.57 Å². The van der Waals surface area contributed by atoms with E-state index in [1.165, 1.54) is 16.5 Å². The number of benzene rings is 1. The van der Waals surface area contributed by atoms with Gasteiger partial charge in [0.15, 0.2) is 0 Å². The molecule has 0 amide bonds. The zero-order chi connectivity index (χ0) is 8.55. The van der Waals surface area contributed by atoms with E-state index in [1.807, 2.05) is 6.08 Å². The first-order valence-electron chi connectivity index (χ1n) is 3.99. The Morgan fingerprint density at radius 2 is 2.17 bits per heavy atom. The van der Waals surface area contributed by atoms with Gasteiger partial charge in [-0.15, -0.1) is 0 Å². The Balaban J connectivity index is 2.79. The second-order valence-corrected chi connectivity index (χ2v) is 2.95. The van der Waals surface area contributed by atoms with Gasteiger partial charge >= 0.3 is 0 Å². The van der Waals surface area contributed by atoms with Gasteiger partial charge in [-0.1, -0.05) is 24.8 Å². The highest BCUT2D eigenvalue weighted by Crippen LogP contribution is 2.16. The van der Waals surface area contributed by atoms with Crippen molar-refractivity contribution in [2.24, 2.45) is 7.05 Å². The van der Waals surface area contributed by atoms with Crippen LogP contribution in [-0.4, -0.2) is 4.57 Å². The van der Waals surface area contributed by atoms with E-state index in [4.69, 9.17) is 0 Å². The molecule has 0 aliphatic rings. The van der Waals surface area contributed by atoms with Crippen molar-refractivity contribution in [3.8, 4) is 0 Å². The van der Waals surface area contributed by atoms with Crippen LogP contribution in [0.2, 0.25) is 0 Å². The summed E-state index contributed by atoms with van der Waals surface area (Å²) >= 11 is 0. The van der Waals surface area contributed by atoms with E-state index in [9.17, 15) is 0 Å². The van der Waals surface area contributed by atoms with Crippen molar-refractivity contribution in [3.05, 3.63) is 42.6 Å². The summed E-state index contributed by atoms with van der Waals surface area (Å²) in [5, 5.41) is 1.28. The third-order valence-electron chi connectivity index (χ3n) is 2.15. The fourth-order valence-corrected chi connectivity index (χ4v) is 1.41. The maximum absolute atomic E-state index is 3.74. The summed E-state index contributed by atoms with van der Waals surface area (Å²) in [5.41, 5.74) is 2.43. The molecule has 0 bridgehead atoms. The molecular weight excluding hydrogens is 146 g/mol. The average molecular weight is 157 g/mol. The summed E-state index contributed by atoms with van der Waals surface area (Å²) in [5.74, 6) is 0. The highest BCUT2D eigenvalue weighted by atomic mass is 14.9. The van der Waals surface area contributed by atoms with Crippen LogP contribution in [0.4, 0.5) is 0 Å². The quantitative estimate of drug-likeness (QED) is 0.600. The molecule has 12 heavy (non-hydrogen) atoms. The van der Waals surface area contributed by atoms with Crippen molar-refractivity contribution >= 4 is 17.0 Å². The second kappa shape index (κ2) is 2.52. The van der Waals surface area contributed by atoms with Crippen molar-refractivity contribution < 1.29 is 0 Å². The van der Waals surface area contributed by atoms with Crippen molar-refractivity contribution in [2.45, 2.75) is 0 Å². The zero-order valence-corrected chi connectivity index (χ0v) is 7.12. The Morgan fingerprint density at radius 1 is 1.33 bits per heavy atom. The van der Waals surface area contributed by atoms with Gasteiger partial charge in [-0.2, -0.15) is 0 Å². The molecule has 0 spiro atoms. The van der Waals surface area contributed by atoms with Crippen LogP contribution in [0.5, 0.6) is 0 Å². The Kier molecular flexibility index (Phi) is 1.51. The van der Waals surface area contributed by atoms with E-state index in [1.54, 1.807) is 0 Å². The first-order valence-corrected chi connectivity index (χ1v) is 3.99. The monoisotopic (exact) mass is 157 g/mol. The van der Waals surface area contributed by atoms with Gasteiger partial charge in [0, 0.05) is 18.8 Å².